The first kappa shape index (κ1) is 21.5. The van der Waals surface area contributed by atoms with Crippen LogP contribution < -0.4 is 5.32 Å². The SMILES string of the molecule is Cc1ccccc1-c1nnc(-c2ccc(C(=O)N[C@H](CN(C)C)c3ccccc3)cc2)o1. The Balaban J connectivity index is 1.50. The minimum atomic E-state index is -0.126. The Labute approximate surface area is 187 Å². The molecule has 0 aliphatic heterocycles. The van der Waals surface area contributed by atoms with Crippen molar-refractivity contribution >= 4 is 5.91 Å². The second kappa shape index (κ2) is 9.58. The molecule has 0 saturated carbocycles. The van der Waals surface area contributed by atoms with E-state index in [0.717, 1.165) is 22.3 Å². The van der Waals surface area contributed by atoms with Gasteiger partial charge in [-0.3, -0.25) is 4.79 Å². The van der Waals surface area contributed by atoms with Crippen LogP contribution in [0, 0.1) is 6.92 Å². The number of nitrogens with zero attached hydrogens (tertiary/aromatic N) is 3. The van der Waals surface area contributed by atoms with Gasteiger partial charge < -0.3 is 14.6 Å². The lowest BCUT2D eigenvalue weighted by Crippen LogP contribution is -2.35. The van der Waals surface area contributed by atoms with E-state index in [0.29, 0.717) is 23.9 Å². The number of nitrogens with one attached hydrogen (secondary N) is 1. The van der Waals surface area contributed by atoms with Gasteiger partial charge in [0.1, 0.15) is 0 Å². The molecule has 162 valence electrons. The average molecular weight is 427 g/mol. The first-order valence-corrected chi connectivity index (χ1v) is 10.5. The van der Waals surface area contributed by atoms with Gasteiger partial charge in [0, 0.05) is 23.2 Å². The molecule has 1 atom stereocenters. The van der Waals surface area contributed by atoms with Gasteiger partial charge in [-0.15, -0.1) is 10.2 Å². The Hall–Kier alpha value is -3.77. The number of aromatic nitrogens is 2. The molecule has 1 amide bonds. The summed E-state index contributed by atoms with van der Waals surface area (Å²) in [6, 6.07) is 25.0. The van der Waals surface area contributed by atoms with Gasteiger partial charge in [-0.2, -0.15) is 0 Å². The van der Waals surface area contributed by atoms with Crippen molar-refractivity contribution in [1.82, 2.24) is 20.4 Å². The van der Waals surface area contributed by atoms with Crippen LogP contribution in [0.2, 0.25) is 0 Å². The fourth-order valence-electron chi connectivity index (χ4n) is 3.55. The third kappa shape index (κ3) is 4.92. The molecule has 3 aromatic carbocycles. The van der Waals surface area contributed by atoms with E-state index < -0.39 is 0 Å². The molecule has 1 N–H and O–H groups in total. The number of carbonyl (C=O) groups excluding carboxylic acids is 1. The zero-order valence-corrected chi connectivity index (χ0v) is 18.4. The van der Waals surface area contributed by atoms with Crippen LogP contribution in [0.1, 0.15) is 27.5 Å². The number of likely N-dealkylation sites (N-methyl/N-ethyl adjacent to an activating group) is 1. The molecule has 0 unspecified atom stereocenters. The topological polar surface area (TPSA) is 71.3 Å². The molecule has 1 aromatic heterocycles. The second-order valence-corrected chi connectivity index (χ2v) is 8.00. The highest BCUT2D eigenvalue weighted by Gasteiger charge is 2.17. The summed E-state index contributed by atoms with van der Waals surface area (Å²) in [5.74, 6) is 0.776. The summed E-state index contributed by atoms with van der Waals surface area (Å²) in [5, 5.41) is 11.5. The highest BCUT2D eigenvalue weighted by Crippen LogP contribution is 2.26. The highest BCUT2D eigenvalue weighted by molar-refractivity contribution is 5.94. The number of benzene rings is 3. The van der Waals surface area contributed by atoms with Gasteiger partial charge in [-0.1, -0.05) is 48.5 Å². The quantitative estimate of drug-likeness (QED) is 0.462. The second-order valence-electron chi connectivity index (χ2n) is 8.00. The molecule has 0 fully saturated rings. The number of hydrogen-bond acceptors (Lipinski definition) is 5. The summed E-state index contributed by atoms with van der Waals surface area (Å²) in [6.07, 6.45) is 0. The van der Waals surface area contributed by atoms with Crippen LogP contribution in [0.25, 0.3) is 22.9 Å². The molecule has 0 saturated heterocycles. The first-order valence-electron chi connectivity index (χ1n) is 10.5. The monoisotopic (exact) mass is 426 g/mol. The molecule has 0 aliphatic rings. The van der Waals surface area contributed by atoms with E-state index >= 15 is 0 Å². The van der Waals surface area contributed by atoms with Crippen molar-refractivity contribution in [3.8, 4) is 22.9 Å². The largest absolute Gasteiger partial charge is 0.416 e. The minimum Gasteiger partial charge on any atom is -0.416 e. The van der Waals surface area contributed by atoms with E-state index in [2.05, 4.69) is 20.4 Å². The maximum atomic E-state index is 12.9. The van der Waals surface area contributed by atoms with Gasteiger partial charge >= 0.3 is 0 Å². The van der Waals surface area contributed by atoms with Crippen LogP contribution >= 0.6 is 0 Å². The van der Waals surface area contributed by atoms with E-state index in [9.17, 15) is 4.79 Å². The van der Waals surface area contributed by atoms with Crippen molar-refractivity contribution in [2.24, 2.45) is 0 Å². The van der Waals surface area contributed by atoms with Crippen molar-refractivity contribution in [3.63, 3.8) is 0 Å². The van der Waals surface area contributed by atoms with E-state index in [1.54, 1.807) is 12.1 Å². The van der Waals surface area contributed by atoms with Gasteiger partial charge in [0.2, 0.25) is 11.8 Å². The molecular formula is C26H26N4O2. The van der Waals surface area contributed by atoms with Crippen LogP contribution in [0.3, 0.4) is 0 Å². The standard InChI is InChI=1S/C26H26N4O2/c1-18-9-7-8-12-22(18)26-29-28-25(32-26)21-15-13-20(14-16-21)24(31)27-23(17-30(2)3)19-10-5-4-6-11-19/h4-16,23H,17H2,1-3H3,(H,27,31)/t23-/m1/s1. The van der Waals surface area contributed by atoms with Crippen LogP contribution in [-0.2, 0) is 0 Å². The molecule has 0 radical (unpaired) electrons. The summed E-state index contributed by atoms with van der Waals surface area (Å²) in [7, 11) is 3.99. The Bertz CT molecular complexity index is 1180. The fraction of sp³-hybridized carbons (Fsp3) is 0.192. The molecule has 0 spiro atoms. The molecule has 0 aliphatic carbocycles. The molecular weight excluding hydrogens is 400 g/mol. The van der Waals surface area contributed by atoms with Crippen LogP contribution in [0.4, 0.5) is 0 Å². The average Bonchev–Trinajstić information content (AvgIpc) is 3.29. The Morgan fingerprint density at radius 3 is 2.25 bits per heavy atom. The fourth-order valence-corrected chi connectivity index (χ4v) is 3.55. The number of hydrogen-bond donors (Lipinski definition) is 1. The number of amides is 1. The maximum absolute atomic E-state index is 12.9. The van der Waals surface area contributed by atoms with E-state index in [-0.39, 0.29) is 11.9 Å². The lowest BCUT2D eigenvalue weighted by atomic mass is 10.1. The normalized spacial score (nSPS) is 12.0. The lowest BCUT2D eigenvalue weighted by molar-refractivity contribution is 0.0930. The highest BCUT2D eigenvalue weighted by atomic mass is 16.4. The molecule has 1 heterocycles. The smallest absolute Gasteiger partial charge is 0.251 e. The first-order chi connectivity index (χ1) is 15.5. The van der Waals surface area contributed by atoms with Gasteiger partial charge in [0.25, 0.3) is 5.91 Å². The zero-order valence-electron chi connectivity index (χ0n) is 18.4. The molecule has 6 heteroatoms. The van der Waals surface area contributed by atoms with Gasteiger partial charge in [-0.05, 0) is 62.5 Å². The summed E-state index contributed by atoms with van der Waals surface area (Å²) < 4.78 is 5.87. The minimum absolute atomic E-state index is 0.106. The summed E-state index contributed by atoms with van der Waals surface area (Å²) in [4.78, 5) is 15.0. The summed E-state index contributed by atoms with van der Waals surface area (Å²) in [5.41, 5.74) is 4.39. The molecule has 4 aromatic rings. The van der Waals surface area contributed by atoms with Crippen LogP contribution in [0.15, 0.2) is 83.3 Å². The zero-order chi connectivity index (χ0) is 22.5. The predicted molar refractivity (Wildman–Crippen MR) is 125 cm³/mol. The van der Waals surface area contributed by atoms with E-state index in [1.165, 1.54) is 0 Å². The van der Waals surface area contributed by atoms with Crippen LogP contribution in [0.5, 0.6) is 0 Å². The molecule has 32 heavy (non-hydrogen) atoms. The Kier molecular flexibility index (Phi) is 6.42. The molecule has 0 bridgehead atoms. The van der Waals surface area contributed by atoms with E-state index in [1.807, 2.05) is 87.7 Å². The van der Waals surface area contributed by atoms with E-state index in [4.69, 9.17) is 4.42 Å². The molecule has 6 nitrogen and oxygen atoms in total. The van der Waals surface area contributed by atoms with Crippen molar-refractivity contribution in [1.29, 1.82) is 0 Å². The predicted octanol–water partition coefficient (Wildman–Crippen LogP) is 4.74. The van der Waals surface area contributed by atoms with Gasteiger partial charge in [-0.25, -0.2) is 0 Å². The van der Waals surface area contributed by atoms with Crippen molar-refractivity contribution in [2.75, 3.05) is 20.6 Å². The Morgan fingerprint density at radius 1 is 0.906 bits per heavy atom. The summed E-state index contributed by atoms with van der Waals surface area (Å²) in [6.45, 7) is 2.71. The third-order valence-corrected chi connectivity index (χ3v) is 5.25. The lowest BCUT2D eigenvalue weighted by Gasteiger charge is -2.23. The third-order valence-electron chi connectivity index (χ3n) is 5.25. The van der Waals surface area contributed by atoms with Crippen LogP contribution in [-0.4, -0.2) is 41.6 Å². The van der Waals surface area contributed by atoms with Crippen molar-refractivity contribution < 1.29 is 9.21 Å². The Morgan fingerprint density at radius 2 is 1.56 bits per heavy atom. The number of carbonyl (C=O) groups is 1. The molecule has 4 rings (SSSR count). The van der Waals surface area contributed by atoms with Gasteiger partial charge in [0.05, 0.1) is 6.04 Å². The van der Waals surface area contributed by atoms with Crippen molar-refractivity contribution in [2.45, 2.75) is 13.0 Å². The maximum Gasteiger partial charge on any atom is 0.251 e. The van der Waals surface area contributed by atoms with Crippen molar-refractivity contribution in [3.05, 3.63) is 95.6 Å². The number of rotatable bonds is 7. The summed E-state index contributed by atoms with van der Waals surface area (Å²) >= 11 is 0. The van der Waals surface area contributed by atoms with Gasteiger partial charge in [0.15, 0.2) is 0 Å². The number of aryl methyl sites for hydroxylation is 1.